The van der Waals surface area contributed by atoms with E-state index in [0.717, 1.165) is 31.5 Å². The van der Waals surface area contributed by atoms with Crippen molar-refractivity contribution >= 4 is 49.7 Å². The van der Waals surface area contributed by atoms with Crippen LogP contribution in [0.25, 0.3) is 0 Å². The van der Waals surface area contributed by atoms with Crippen LogP contribution >= 0.6 is 31.9 Å². The van der Waals surface area contributed by atoms with Crippen LogP contribution in [0, 0.1) is 6.92 Å². The normalized spacial score (nSPS) is 10.7. The Kier molecular flexibility index (Phi) is 6.81. The van der Waals surface area contributed by atoms with Gasteiger partial charge >= 0.3 is 0 Å². The van der Waals surface area contributed by atoms with Crippen LogP contribution in [0.2, 0.25) is 0 Å². The first kappa shape index (κ1) is 18.5. The zero-order valence-electron chi connectivity index (χ0n) is 13.3. The number of hydrogen-bond donors (Lipinski definition) is 2. The Balaban J connectivity index is 1.86. The number of aryl methyl sites for hydroxylation is 1. The van der Waals surface area contributed by atoms with E-state index in [1.165, 1.54) is 0 Å². The molecule has 2 N–H and O–H groups in total. The second-order valence-electron chi connectivity index (χ2n) is 5.02. The standard InChI is InChI=1S/C17H17Br2N3O2/c1-11-7-14(18)17(15(19)8-11)20-10-16(23)22-21-9-12-3-5-13(24-2)6-4-12/h3-9,20H,10H2,1-2H3,(H,22,23)/b21-9-. The Labute approximate surface area is 157 Å². The molecule has 0 atom stereocenters. The highest BCUT2D eigenvalue weighted by Crippen LogP contribution is 2.32. The van der Waals surface area contributed by atoms with Crippen molar-refractivity contribution in [2.24, 2.45) is 5.10 Å². The smallest absolute Gasteiger partial charge is 0.259 e. The van der Waals surface area contributed by atoms with E-state index in [0.29, 0.717) is 0 Å². The number of amides is 1. The van der Waals surface area contributed by atoms with Crippen molar-refractivity contribution < 1.29 is 9.53 Å². The number of nitrogens with one attached hydrogen (secondary N) is 2. The second-order valence-corrected chi connectivity index (χ2v) is 6.73. The number of halogens is 2. The lowest BCUT2D eigenvalue weighted by atomic mass is 10.2. The number of hydrogen-bond acceptors (Lipinski definition) is 4. The van der Waals surface area contributed by atoms with E-state index in [-0.39, 0.29) is 12.5 Å². The molecule has 1 amide bonds. The highest BCUT2D eigenvalue weighted by Gasteiger charge is 2.07. The van der Waals surface area contributed by atoms with Crippen LogP contribution in [0.3, 0.4) is 0 Å². The molecule has 2 rings (SSSR count). The van der Waals surface area contributed by atoms with E-state index in [4.69, 9.17) is 4.74 Å². The van der Waals surface area contributed by atoms with Gasteiger partial charge in [0.1, 0.15) is 5.75 Å². The molecule has 2 aromatic carbocycles. The molecule has 2 aromatic rings. The van der Waals surface area contributed by atoms with E-state index in [2.05, 4.69) is 47.7 Å². The van der Waals surface area contributed by atoms with Gasteiger partial charge in [0.05, 0.1) is 25.6 Å². The number of methoxy groups -OCH3 is 1. The predicted molar refractivity (Wildman–Crippen MR) is 104 cm³/mol. The highest BCUT2D eigenvalue weighted by molar-refractivity contribution is 9.11. The number of carbonyl (C=O) groups is 1. The molecule has 0 spiro atoms. The van der Waals surface area contributed by atoms with Crippen LogP contribution in [0.15, 0.2) is 50.4 Å². The molecule has 0 bridgehead atoms. The van der Waals surface area contributed by atoms with Gasteiger partial charge < -0.3 is 10.1 Å². The Morgan fingerprint density at radius 1 is 1.21 bits per heavy atom. The summed E-state index contributed by atoms with van der Waals surface area (Å²) in [5, 5.41) is 7.02. The lowest BCUT2D eigenvalue weighted by molar-refractivity contribution is -0.119. The number of ether oxygens (including phenoxy) is 1. The van der Waals surface area contributed by atoms with Gasteiger partial charge in [-0.05, 0) is 86.3 Å². The third kappa shape index (κ3) is 5.35. The molecule has 0 unspecified atom stereocenters. The van der Waals surface area contributed by atoms with Crippen molar-refractivity contribution in [2.45, 2.75) is 6.92 Å². The van der Waals surface area contributed by atoms with Crippen molar-refractivity contribution in [3.63, 3.8) is 0 Å². The Hall–Kier alpha value is -1.86. The maximum absolute atomic E-state index is 11.9. The fourth-order valence-electron chi connectivity index (χ4n) is 1.95. The predicted octanol–water partition coefficient (Wildman–Crippen LogP) is 4.09. The van der Waals surface area contributed by atoms with Crippen molar-refractivity contribution in [3.05, 3.63) is 56.5 Å². The zero-order valence-corrected chi connectivity index (χ0v) is 16.4. The van der Waals surface area contributed by atoms with Crippen LogP contribution in [0.4, 0.5) is 5.69 Å². The average Bonchev–Trinajstić information content (AvgIpc) is 2.54. The van der Waals surface area contributed by atoms with Crippen molar-refractivity contribution in [3.8, 4) is 5.75 Å². The number of carbonyl (C=O) groups excluding carboxylic acids is 1. The van der Waals surface area contributed by atoms with Gasteiger partial charge in [0, 0.05) is 8.95 Å². The first-order chi connectivity index (χ1) is 11.5. The quantitative estimate of drug-likeness (QED) is 0.510. The number of benzene rings is 2. The van der Waals surface area contributed by atoms with Crippen molar-refractivity contribution in [2.75, 3.05) is 19.0 Å². The summed E-state index contributed by atoms with van der Waals surface area (Å²) < 4.78 is 6.87. The molecular formula is C17H17Br2N3O2. The summed E-state index contributed by atoms with van der Waals surface area (Å²) in [4.78, 5) is 11.9. The molecule has 24 heavy (non-hydrogen) atoms. The molecule has 0 heterocycles. The first-order valence-corrected chi connectivity index (χ1v) is 8.73. The fourth-order valence-corrected chi connectivity index (χ4v) is 3.64. The van der Waals surface area contributed by atoms with Gasteiger partial charge in [-0.3, -0.25) is 4.79 Å². The van der Waals surface area contributed by atoms with Crippen LogP contribution in [-0.4, -0.2) is 25.8 Å². The van der Waals surface area contributed by atoms with E-state index < -0.39 is 0 Å². The van der Waals surface area contributed by atoms with Crippen molar-refractivity contribution in [1.29, 1.82) is 0 Å². The first-order valence-electron chi connectivity index (χ1n) is 7.15. The molecule has 7 heteroatoms. The largest absolute Gasteiger partial charge is 0.497 e. The number of rotatable bonds is 6. The van der Waals surface area contributed by atoms with E-state index >= 15 is 0 Å². The molecule has 0 aliphatic rings. The summed E-state index contributed by atoms with van der Waals surface area (Å²) in [6.07, 6.45) is 1.58. The van der Waals surface area contributed by atoms with E-state index in [1.54, 1.807) is 13.3 Å². The number of hydrazone groups is 1. The molecule has 5 nitrogen and oxygen atoms in total. The Morgan fingerprint density at radius 3 is 2.42 bits per heavy atom. The van der Waals surface area contributed by atoms with Gasteiger partial charge in [0.2, 0.25) is 0 Å². The lowest BCUT2D eigenvalue weighted by Gasteiger charge is -2.11. The minimum Gasteiger partial charge on any atom is -0.497 e. The van der Waals surface area contributed by atoms with Gasteiger partial charge in [-0.15, -0.1) is 0 Å². The molecule has 0 aromatic heterocycles. The molecule has 0 fully saturated rings. The molecule has 0 aliphatic heterocycles. The van der Waals surface area contributed by atoms with Crippen LogP contribution in [0.1, 0.15) is 11.1 Å². The molecule has 0 radical (unpaired) electrons. The molecule has 126 valence electrons. The maximum atomic E-state index is 11.9. The summed E-state index contributed by atoms with van der Waals surface area (Å²) in [5.41, 5.74) is 5.30. The van der Waals surface area contributed by atoms with Crippen molar-refractivity contribution in [1.82, 2.24) is 5.43 Å². The topological polar surface area (TPSA) is 62.7 Å². The van der Waals surface area contributed by atoms with Gasteiger partial charge in [-0.1, -0.05) is 0 Å². The van der Waals surface area contributed by atoms with Gasteiger partial charge in [0.25, 0.3) is 5.91 Å². The minimum atomic E-state index is -0.237. The Morgan fingerprint density at radius 2 is 1.83 bits per heavy atom. The molecule has 0 saturated carbocycles. The lowest BCUT2D eigenvalue weighted by Crippen LogP contribution is -2.26. The minimum absolute atomic E-state index is 0.111. The molecule has 0 aliphatic carbocycles. The summed E-state index contributed by atoms with van der Waals surface area (Å²) in [6, 6.07) is 11.3. The van der Waals surface area contributed by atoms with Gasteiger partial charge in [0.15, 0.2) is 0 Å². The van der Waals surface area contributed by atoms with E-state index in [1.807, 2.05) is 43.3 Å². The molecule has 0 saturated heterocycles. The maximum Gasteiger partial charge on any atom is 0.259 e. The third-order valence-corrected chi connectivity index (χ3v) is 4.38. The SMILES string of the molecule is COc1ccc(/C=N\NC(=O)CNc2c(Br)cc(C)cc2Br)cc1. The highest BCUT2D eigenvalue weighted by atomic mass is 79.9. The average molecular weight is 455 g/mol. The number of nitrogens with zero attached hydrogens (tertiary/aromatic N) is 1. The van der Waals surface area contributed by atoms with E-state index in [9.17, 15) is 4.79 Å². The summed E-state index contributed by atoms with van der Waals surface area (Å²) in [7, 11) is 1.61. The van der Waals surface area contributed by atoms with Crippen LogP contribution in [0.5, 0.6) is 5.75 Å². The van der Waals surface area contributed by atoms with Crippen LogP contribution in [-0.2, 0) is 4.79 Å². The van der Waals surface area contributed by atoms with Gasteiger partial charge in [-0.2, -0.15) is 5.10 Å². The summed E-state index contributed by atoms with van der Waals surface area (Å²) >= 11 is 6.96. The monoisotopic (exact) mass is 453 g/mol. The zero-order chi connectivity index (χ0) is 17.5. The third-order valence-electron chi connectivity index (χ3n) is 3.13. The summed E-state index contributed by atoms with van der Waals surface area (Å²) in [5.74, 6) is 0.536. The van der Waals surface area contributed by atoms with Crippen LogP contribution < -0.4 is 15.5 Å². The molecular weight excluding hydrogens is 438 g/mol. The number of anilines is 1. The second kappa shape index (κ2) is 8.84. The summed E-state index contributed by atoms with van der Waals surface area (Å²) in [6.45, 7) is 2.11. The Bertz CT molecular complexity index is 723. The van der Waals surface area contributed by atoms with Gasteiger partial charge in [-0.25, -0.2) is 5.43 Å². The fraction of sp³-hybridized carbons (Fsp3) is 0.176.